The van der Waals surface area contributed by atoms with E-state index in [0.717, 1.165) is 17.4 Å². The molecule has 0 bridgehead atoms. The Bertz CT molecular complexity index is 741. The van der Waals surface area contributed by atoms with Crippen LogP contribution in [0.5, 0.6) is 0 Å². The molecule has 0 fully saturated rings. The van der Waals surface area contributed by atoms with Crippen molar-refractivity contribution < 1.29 is 0 Å². The number of anilines is 3. The number of nitrogens with two attached hydrogens (primary N) is 1. The highest BCUT2D eigenvalue weighted by Crippen LogP contribution is 2.36. The molecule has 0 aliphatic carbocycles. The molecular weight excluding hydrogens is 305 g/mol. The maximum absolute atomic E-state index is 6.19. The number of hydrogen-bond acceptors (Lipinski definition) is 6. The van der Waals surface area contributed by atoms with E-state index in [1.807, 2.05) is 0 Å². The third-order valence-electron chi connectivity index (χ3n) is 2.50. The lowest BCUT2D eigenvalue weighted by Crippen LogP contribution is -1.95. The number of halogens is 2. The summed E-state index contributed by atoms with van der Waals surface area (Å²) in [7, 11) is 0. The second-order valence-electron chi connectivity index (χ2n) is 3.77. The fraction of sp³-hybridized carbons (Fsp3) is 0. The van der Waals surface area contributed by atoms with Crippen LogP contribution >= 0.6 is 34.9 Å². The number of rotatable bonds is 2. The minimum atomic E-state index is 0.452. The molecular formula is C11H7Cl2N5S. The van der Waals surface area contributed by atoms with Gasteiger partial charge in [0.1, 0.15) is 16.9 Å². The van der Waals surface area contributed by atoms with Crippen molar-refractivity contribution in [2.75, 3.05) is 11.1 Å². The molecule has 0 saturated carbocycles. The Morgan fingerprint density at radius 1 is 1.11 bits per heavy atom. The quantitative estimate of drug-likeness (QED) is 0.754. The van der Waals surface area contributed by atoms with Crippen molar-refractivity contribution in [3.8, 4) is 0 Å². The molecule has 5 nitrogen and oxygen atoms in total. The molecule has 0 spiro atoms. The summed E-state index contributed by atoms with van der Waals surface area (Å²) in [4.78, 5) is 4.00. The average Bonchev–Trinajstić information content (AvgIpc) is 2.86. The molecule has 2 heterocycles. The van der Waals surface area contributed by atoms with E-state index in [0.29, 0.717) is 32.6 Å². The maximum Gasteiger partial charge on any atom is 0.131 e. The zero-order chi connectivity index (χ0) is 13.4. The fourth-order valence-electron chi connectivity index (χ4n) is 1.62. The van der Waals surface area contributed by atoms with Crippen molar-refractivity contribution in [3.05, 3.63) is 34.4 Å². The van der Waals surface area contributed by atoms with E-state index in [-0.39, 0.29) is 0 Å². The highest BCUT2D eigenvalue weighted by atomic mass is 35.5. The monoisotopic (exact) mass is 311 g/mol. The Morgan fingerprint density at radius 2 is 1.89 bits per heavy atom. The van der Waals surface area contributed by atoms with Gasteiger partial charge in [-0.25, -0.2) is 4.98 Å². The topological polar surface area (TPSA) is 76.7 Å². The molecule has 0 atom stereocenters. The van der Waals surface area contributed by atoms with Gasteiger partial charge in [-0.3, -0.25) is 0 Å². The molecule has 3 aromatic rings. The molecule has 0 radical (unpaired) electrons. The second-order valence-corrected chi connectivity index (χ2v) is 5.12. The zero-order valence-electron chi connectivity index (χ0n) is 9.39. The molecule has 0 aliphatic heterocycles. The fourth-order valence-corrected chi connectivity index (χ4v) is 2.78. The molecule has 3 N–H and O–H groups in total. The molecule has 19 heavy (non-hydrogen) atoms. The molecule has 0 amide bonds. The van der Waals surface area contributed by atoms with E-state index in [2.05, 4.69) is 19.0 Å². The Kier molecular flexibility index (Phi) is 3.14. The molecule has 0 unspecified atom stereocenters. The Morgan fingerprint density at radius 3 is 2.63 bits per heavy atom. The number of nitrogens with zero attached hydrogens (tertiary/aromatic N) is 3. The van der Waals surface area contributed by atoms with Crippen LogP contribution in [0.15, 0.2) is 24.4 Å². The van der Waals surface area contributed by atoms with Crippen LogP contribution in [0.25, 0.3) is 11.0 Å². The van der Waals surface area contributed by atoms with E-state index in [1.54, 1.807) is 24.4 Å². The van der Waals surface area contributed by atoms with Gasteiger partial charge in [0.25, 0.3) is 0 Å². The van der Waals surface area contributed by atoms with Crippen LogP contribution in [0.3, 0.4) is 0 Å². The Labute approximate surface area is 122 Å². The van der Waals surface area contributed by atoms with E-state index >= 15 is 0 Å². The second kappa shape index (κ2) is 4.80. The van der Waals surface area contributed by atoms with Gasteiger partial charge in [-0.15, -0.1) is 0 Å². The van der Waals surface area contributed by atoms with Crippen LogP contribution in [0, 0.1) is 0 Å². The van der Waals surface area contributed by atoms with Gasteiger partial charge in [0.2, 0.25) is 0 Å². The van der Waals surface area contributed by atoms with Gasteiger partial charge in [-0.1, -0.05) is 23.2 Å². The smallest absolute Gasteiger partial charge is 0.131 e. The minimum Gasteiger partial charge on any atom is -0.384 e. The average molecular weight is 312 g/mol. The molecule has 1 aromatic carbocycles. The van der Waals surface area contributed by atoms with Crippen LogP contribution in [-0.2, 0) is 0 Å². The predicted octanol–water partition coefficient (Wildman–Crippen LogP) is 3.72. The summed E-state index contributed by atoms with van der Waals surface area (Å²) < 4.78 is 8.35. The molecule has 2 aromatic heterocycles. The summed E-state index contributed by atoms with van der Waals surface area (Å²) in [6.45, 7) is 0. The summed E-state index contributed by atoms with van der Waals surface area (Å²) in [6.07, 6.45) is 1.62. The van der Waals surface area contributed by atoms with Gasteiger partial charge >= 0.3 is 0 Å². The summed E-state index contributed by atoms with van der Waals surface area (Å²) in [5.74, 6) is 0.452. The third-order valence-corrected chi connectivity index (χ3v) is 3.61. The lowest BCUT2D eigenvalue weighted by Gasteiger charge is -2.09. The highest BCUT2D eigenvalue weighted by molar-refractivity contribution is 7.00. The lowest BCUT2D eigenvalue weighted by molar-refractivity contribution is 1.33. The van der Waals surface area contributed by atoms with Crippen LogP contribution in [-0.4, -0.2) is 13.7 Å². The number of nitrogens with one attached hydrogen (secondary N) is 1. The first-order valence-corrected chi connectivity index (χ1v) is 6.72. The molecule has 3 rings (SSSR count). The number of fused-ring (bicyclic) bond motifs is 1. The van der Waals surface area contributed by atoms with E-state index in [4.69, 9.17) is 28.9 Å². The van der Waals surface area contributed by atoms with Gasteiger partial charge < -0.3 is 11.1 Å². The number of benzene rings is 1. The van der Waals surface area contributed by atoms with Gasteiger partial charge in [0, 0.05) is 0 Å². The van der Waals surface area contributed by atoms with Crippen LogP contribution in [0.1, 0.15) is 0 Å². The van der Waals surface area contributed by atoms with E-state index in [1.165, 1.54) is 0 Å². The summed E-state index contributed by atoms with van der Waals surface area (Å²) in [5.41, 5.74) is 8.22. The first-order chi connectivity index (χ1) is 9.15. The summed E-state index contributed by atoms with van der Waals surface area (Å²) >= 11 is 13.3. The van der Waals surface area contributed by atoms with Gasteiger partial charge in [0.15, 0.2) is 0 Å². The van der Waals surface area contributed by atoms with Gasteiger partial charge in [-0.05, 0) is 18.2 Å². The van der Waals surface area contributed by atoms with E-state index in [9.17, 15) is 0 Å². The van der Waals surface area contributed by atoms with Crippen molar-refractivity contribution in [1.29, 1.82) is 0 Å². The van der Waals surface area contributed by atoms with Crippen molar-refractivity contribution in [1.82, 2.24) is 13.7 Å². The van der Waals surface area contributed by atoms with Gasteiger partial charge in [-0.2, -0.15) is 8.75 Å². The number of pyridine rings is 1. The van der Waals surface area contributed by atoms with Crippen LogP contribution in [0.4, 0.5) is 17.2 Å². The molecule has 0 aliphatic rings. The van der Waals surface area contributed by atoms with Crippen molar-refractivity contribution in [2.24, 2.45) is 0 Å². The number of hydrogen-bond donors (Lipinski definition) is 2. The molecule has 0 saturated heterocycles. The highest BCUT2D eigenvalue weighted by Gasteiger charge is 2.14. The number of aromatic nitrogens is 3. The predicted molar refractivity (Wildman–Crippen MR) is 79.4 cm³/mol. The van der Waals surface area contributed by atoms with Gasteiger partial charge in [0.05, 0.1) is 39.3 Å². The third kappa shape index (κ3) is 2.30. The summed E-state index contributed by atoms with van der Waals surface area (Å²) in [5, 5.41) is 4.11. The molecule has 96 valence electrons. The minimum absolute atomic E-state index is 0.452. The Hall–Kier alpha value is -1.63. The van der Waals surface area contributed by atoms with Crippen LogP contribution in [0.2, 0.25) is 10.0 Å². The largest absolute Gasteiger partial charge is 0.384 e. The normalized spacial score (nSPS) is 10.8. The first kappa shape index (κ1) is 12.4. The van der Waals surface area contributed by atoms with Crippen molar-refractivity contribution in [3.63, 3.8) is 0 Å². The van der Waals surface area contributed by atoms with Crippen LogP contribution < -0.4 is 11.1 Å². The standard InChI is InChI=1S/C11H7Cl2N5S/c12-6-3-7(13)10-11(18-19-17-10)9(6)16-5-1-2-8(14)15-4-5/h1-4,16H,(H2,14,15). The van der Waals surface area contributed by atoms with E-state index < -0.39 is 0 Å². The lowest BCUT2D eigenvalue weighted by atomic mass is 10.2. The number of nitrogen functional groups attached to an aromatic ring is 1. The maximum atomic E-state index is 6.19. The van der Waals surface area contributed by atoms with Crippen molar-refractivity contribution >= 4 is 63.2 Å². The molecule has 8 heteroatoms. The van der Waals surface area contributed by atoms with Crippen molar-refractivity contribution in [2.45, 2.75) is 0 Å². The SMILES string of the molecule is Nc1ccc(Nc2c(Cl)cc(Cl)c3nsnc23)cn1. The first-order valence-electron chi connectivity index (χ1n) is 5.24. The summed E-state index contributed by atoms with van der Waals surface area (Å²) in [6, 6.07) is 5.14. The zero-order valence-corrected chi connectivity index (χ0v) is 11.7. The Balaban J connectivity index is 2.09.